The maximum absolute atomic E-state index is 11.1. The largest absolute Gasteiger partial charge is 0.481 e. The number of benzene rings is 2. The third-order valence-corrected chi connectivity index (χ3v) is 7.29. The number of carboxylic acid groups (broad SMARTS) is 1. The van der Waals surface area contributed by atoms with E-state index >= 15 is 0 Å². The second-order valence-corrected chi connectivity index (χ2v) is 10.3. The summed E-state index contributed by atoms with van der Waals surface area (Å²) in [5, 5.41) is 23.4. The predicted octanol–water partition coefficient (Wildman–Crippen LogP) is 4.61. The van der Waals surface area contributed by atoms with Gasteiger partial charge in [0.1, 0.15) is 0 Å². The predicted molar refractivity (Wildman–Crippen MR) is 137 cm³/mol. The molecule has 0 unspecified atom stereocenters. The Bertz CT molecular complexity index is 1320. The van der Waals surface area contributed by atoms with Gasteiger partial charge in [0.25, 0.3) is 0 Å². The molecular formula is C27H28N4O3S. The Hall–Kier alpha value is -3.36. The summed E-state index contributed by atoms with van der Waals surface area (Å²) in [4.78, 5) is 25.4. The summed E-state index contributed by atoms with van der Waals surface area (Å²) in [5.74, 6) is -0.215. The molecule has 35 heavy (non-hydrogen) atoms. The van der Waals surface area contributed by atoms with Crippen LogP contribution in [0.2, 0.25) is 0 Å². The number of nitrogens with zero attached hydrogens (tertiary/aromatic N) is 3. The Morgan fingerprint density at radius 2 is 1.66 bits per heavy atom. The number of hydrogen-bond donors (Lipinski definition) is 3. The fraction of sp³-hybridized carbons (Fsp3) is 0.333. The highest BCUT2D eigenvalue weighted by molar-refractivity contribution is 7.18. The Balaban J connectivity index is 1.40. The Kier molecular flexibility index (Phi) is 7.01. The number of aliphatic hydroxyl groups excluding tert-OH is 1. The van der Waals surface area contributed by atoms with Crippen molar-refractivity contribution in [3.63, 3.8) is 0 Å². The molecule has 2 heterocycles. The summed E-state index contributed by atoms with van der Waals surface area (Å²) in [7, 11) is 0. The zero-order valence-corrected chi connectivity index (χ0v) is 20.2. The molecule has 1 aliphatic rings. The quantitative estimate of drug-likeness (QED) is 0.332. The van der Waals surface area contributed by atoms with E-state index in [0.717, 1.165) is 57.9 Å². The Morgan fingerprint density at radius 1 is 0.914 bits per heavy atom. The van der Waals surface area contributed by atoms with E-state index in [2.05, 4.69) is 17.4 Å². The number of carbonyl (C=O) groups is 1. The van der Waals surface area contributed by atoms with Gasteiger partial charge in [-0.25, -0.2) is 15.0 Å². The van der Waals surface area contributed by atoms with Crippen LogP contribution in [-0.2, 0) is 24.1 Å². The molecule has 1 aliphatic carbocycles. The van der Waals surface area contributed by atoms with Crippen molar-refractivity contribution in [1.29, 1.82) is 0 Å². The molecule has 7 nitrogen and oxygen atoms in total. The smallest absolute Gasteiger partial charge is 0.307 e. The number of carboxylic acids is 1. The van der Waals surface area contributed by atoms with E-state index in [1.165, 1.54) is 5.56 Å². The molecule has 1 saturated carbocycles. The lowest BCUT2D eigenvalue weighted by Crippen LogP contribution is -2.29. The topological polar surface area (TPSA) is 108 Å². The van der Waals surface area contributed by atoms with Crippen LogP contribution in [0, 0.1) is 0 Å². The SMILES string of the molecule is O=C(O)Cc1ccc2nc(Cc3cc(Cc4ccccc4)nc(NC4CCC(O)CC4)n3)sc2c1. The third-order valence-electron chi connectivity index (χ3n) is 6.28. The highest BCUT2D eigenvalue weighted by atomic mass is 32.1. The molecule has 0 saturated heterocycles. The van der Waals surface area contributed by atoms with E-state index in [9.17, 15) is 9.90 Å². The highest BCUT2D eigenvalue weighted by Crippen LogP contribution is 2.26. The van der Waals surface area contributed by atoms with Crippen LogP contribution in [0.4, 0.5) is 5.95 Å². The first-order valence-electron chi connectivity index (χ1n) is 12.0. The number of nitrogens with one attached hydrogen (secondary N) is 1. The van der Waals surface area contributed by atoms with Gasteiger partial charge in [-0.2, -0.15) is 0 Å². The number of aromatic nitrogens is 3. The molecule has 0 aliphatic heterocycles. The van der Waals surface area contributed by atoms with Crippen molar-refractivity contribution in [2.24, 2.45) is 0 Å². The van der Waals surface area contributed by atoms with Gasteiger partial charge in [0, 0.05) is 18.9 Å². The van der Waals surface area contributed by atoms with Crippen LogP contribution in [0.3, 0.4) is 0 Å². The third kappa shape index (κ3) is 6.21. The highest BCUT2D eigenvalue weighted by Gasteiger charge is 2.20. The van der Waals surface area contributed by atoms with Crippen molar-refractivity contribution >= 4 is 33.5 Å². The van der Waals surface area contributed by atoms with E-state index in [1.807, 2.05) is 42.5 Å². The molecule has 1 fully saturated rings. The number of anilines is 1. The lowest BCUT2D eigenvalue weighted by Gasteiger charge is -2.26. The van der Waals surface area contributed by atoms with E-state index in [4.69, 9.17) is 20.1 Å². The van der Waals surface area contributed by atoms with Gasteiger partial charge in [0.05, 0.1) is 39.1 Å². The second-order valence-electron chi connectivity index (χ2n) is 9.14. The van der Waals surface area contributed by atoms with Gasteiger partial charge in [0.2, 0.25) is 5.95 Å². The van der Waals surface area contributed by atoms with Crippen LogP contribution in [-0.4, -0.2) is 43.3 Å². The summed E-state index contributed by atoms with van der Waals surface area (Å²) >= 11 is 1.57. The fourth-order valence-corrected chi connectivity index (χ4v) is 5.59. The number of hydrogen-bond acceptors (Lipinski definition) is 7. The van der Waals surface area contributed by atoms with Crippen molar-refractivity contribution in [2.45, 2.75) is 57.1 Å². The molecule has 8 heteroatoms. The Morgan fingerprint density at radius 3 is 2.40 bits per heavy atom. The minimum atomic E-state index is -0.839. The number of thiazole rings is 1. The monoisotopic (exact) mass is 488 g/mol. The van der Waals surface area contributed by atoms with Gasteiger partial charge in [-0.05, 0) is 55.0 Å². The molecule has 4 aromatic rings. The van der Waals surface area contributed by atoms with Gasteiger partial charge in [-0.1, -0.05) is 36.4 Å². The number of aliphatic hydroxyl groups is 1. The molecule has 0 amide bonds. The normalized spacial score (nSPS) is 18.0. The number of fused-ring (bicyclic) bond motifs is 1. The van der Waals surface area contributed by atoms with Crippen LogP contribution in [0.5, 0.6) is 0 Å². The summed E-state index contributed by atoms with van der Waals surface area (Å²) in [6.45, 7) is 0. The Labute approximate surface area is 207 Å². The lowest BCUT2D eigenvalue weighted by molar-refractivity contribution is -0.136. The molecule has 2 aromatic carbocycles. The van der Waals surface area contributed by atoms with Gasteiger partial charge >= 0.3 is 5.97 Å². The minimum absolute atomic E-state index is 0.00511. The maximum Gasteiger partial charge on any atom is 0.307 e. The lowest BCUT2D eigenvalue weighted by atomic mass is 9.93. The molecule has 2 aromatic heterocycles. The van der Waals surface area contributed by atoms with E-state index in [1.54, 1.807) is 11.3 Å². The average molecular weight is 489 g/mol. The van der Waals surface area contributed by atoms with Gasteiger partial charge < -0.3 is 15.5 Å². The fourth-order valence-electron chi connectivity index (χ4n) is 4.54. The average Bonchev–Trinajstić information content (AvgIpc) is 3.22. The van der Waals surface area contributed by atoms with Crippen molar-refractivity contribution < 1.29 is 15.0 Å². The van der Waals surface area contributed by atoms with Gasteiger partial charge in [-0.15, -0.1) is 11.3 Å². The molecule has 0 atom stereocenters. The summed E-state index contributed by atoms with van der Waals surface area (Å²) in [6, 6.07) is 18.2. The molecule has 3 N–H and O–H groups in total. The van der Waals surface area contributed by atoms with E-state index in [-0.39, 0.29) is 18.6 Å². The zero-order valence-electron chi connectivity index (χ0n) is 19.4. The first-order chi connectivity index (χ1) is 17.0. The summed E-state index contributed by atoms with van der Waals surface area (Å²) in [5.41, 5.74) is 4.68. The standard InChI is InChI=1S/C27H28N4O3S/c32-22-9-7-19(8-10-22)28-27-29-20(12-17-4-2-1-3-5-17)15-21(30-27)16-25-31-23-11-6-18(14-26(33)34)13-24(23)35-25/h1-6,11,13,15,19,22,32H,7-10,12,14,16H2,(H,33,34)(H,28,29,30). The van der Waals surface area contributed by atoms with Crippen molar-refractivity contribution in [2.75, 3.05) is 5.32 Å². The molecule has 180 valence electrons. The molecular weight excluding hydrogens is 460 g/mol. The summed E-state index contributed by atoms with van der Waals surface area (Å²) in [6.07, 6.45) is 4.49. The van der Waals surface area contributed by atoms with Gasteiger partial charge in [0.15, 0.2) is 0 Å². The molecule has 0 spiro atoms. The van der Waals surface area contributed by atoms with Crippen LogP contribution < -0.4 is 5.32 Å². The van der Waals surface area contributed by atoms with Crippen LogP contribution in [0.1, 0.15) is 53.2 Å². The molecule has 0 radical (unpaired) electrons. The van der Waals surface area contributed by atoms with Crippen LogP contribution in [0.15, 0.2) is 54.6 Å². The number of aliphatic carboxylic acids is 1. The number of rotatable bonds is 8. The van der Waals surface area contributed by atoms with Crippen molar-refractivity contribution in [3.8, 4) is 0 Å². The van der Waals surface area contributed by atoms with E-state index < -0.39 is 5.97 Å². The van der Waals surface area contributed by atoms with Crippen LogP contribution >= 0.6 is 11.3 Å². The zero-order chi connectivity index (χ0) is 24.2. The van der Waals surface area contributed by atoms with E-state index in [0.29, 0.717) is 18.8 Å². The second kappa shape index (κ2) is 10.5. The molecule has 0 bridgehead atoms. The minimum Gasteiger partial charge on any atom is -0.481 e. The first-order valence-corrected chi connectivity index (χ1v) is 12.8. The van der Waals surface area contributed by atoms with Crippen molar-refractivity contribution in [3.05, 3.63) is 82.1 Å². The van der Waals surface area contributed by atoms with Crippen molar-refractivity contribution in [1.82, 2.24) is 15.0 Å². The molecule has 5 rings (SSSR count). The first kappa shape index (κ1) is 23.4. The van der Waals surface area contributed by atoms with Gasteiger partial charge in [-0.3, -0.25) is 4.79 Å². The van der Waals surface area contributed by atoms with Crippen LogP contribution in [0.25, 0.3) is 10.2 Å². The summed E-state index contributed by atoms with van der Waals surface area (Å²) < 4.78 is 0.983. The maximum atomic E-state index is 11.1.